The Morgan fingerprint density at radius 3 is 2.64 bits per heavy atom. The minimum Gasteiger partial charge on any atom is -0.317 e. The number of rotatable bonds is 2. The summed E-state index contributed by atoms with van der Waals surface area (Å²) in [5.74, 6) is 0.719. The first-order chi connectivity index (χ1) is 6.95. The first-order valence-electron chi connectivity index (χ1n) is 5.09. The lowest BCUT2D eigenvalue weighted by Crippen LogP contribution is -2.26. The average molecular weight is 189 g/mol. The van der Waals surface area contributed by atoms with Gasteiger partial charge in [0.05, 0.1) is 0 Å². The second kappa shape index (κ2) is 4.86. The zero-order chi connectivity index (χ0) is 9.64. The monoisotopic (exact) mass is 189 g/mol. The number of piperidine rings is 1. The topological polar surface area (TPSA) is 37.8 Å². The van der Waals surface area contributed by atoms with Crippen LogP contribution in [-0.4, -0.2) is 23.1 Å². The maximum absolute atomic E-state index is 3.97. The molecule has 0 spiro atoms. The molecule has 74 valence electrons. The van der Waals surface area contributed by atoms with Crippen LogP contribution >= 0.6 is 0 Å². The second-order valence-electron chi connectivity index (χ2n) is 3.62. The molecular weight excluding hydrogens is 174 g/mol. The molecule has 14 heavy (non-hydrogen) atoms. The lowest BCUT2D eigenvalue weighted by Gasteiger charge is -2.19. The van der Waals surface area contributed by atoms with Crippen molar-refractivity contribution in [2.45, 2.75) is 12.8 Å². The summed E-state index contributed by atoms with van der Waals surface area (Å²) in [5, 5.41) is 3.35. The van der Waals surface area contributed by atoms with Gasteiger partial charge in [0, 0.05) is 18.0 Å². The summed E-state index contributed by atoms with van der Waals surface area (Å²) in [6, 6.07) is 0. The van der Waals surface area contributed by atoms with Crippen LogP contribution in [0, 0.1) is 5.92 Å². The number of hydrogen-bond donors (Lipinski definition) is 1. The van der Waals surface area contributed by atoms with E-state index >= 15 is 0 Å². The predicted molar refractivity (Wildman–Crippen MR) is 56.7 cm³/mol. The summed E-state index contributed by atoms with van der Waals surface area (Å²) < 4.78 is 0. The van der Waals surface area contributed by atoms with Crippen molar-refractivity contribution in [1.29, 1.82) is 0 Å². The molecule has 1 N–H and O–H groups in total. The van der Waals surface area contributed by atoms with Crippen molar-refractivity contribution in [2.75, 3.05) is 13.1 Å². The van der Waals surface area contributed by atoms with Gasteiger partial charge in [0.1, 0.15) is 6.33 Å². The van der Waals surface area contributed by atoms with Crippen LogP contribution in [0.15, 0.2) is 24.8 Å². The first kappa shape index (κ1) is 9.34. The lowest BCUT2D eigenvalue weighted by atomic mass is 9.97. The van der Waals surface area contributed by atoms with E-state index in [1.54, 1.807) is 6.33 Å². The summed E-state index contributed by atoms with van der Waals surface area (Å²) in [6.07, 6.45) is 12.1. The number of allylic oxidation sites excluding steroid dienone is 1. The molecule has 0 aromatic carbocycles. The van der Waals surface area contributed by atoms with E-state index in [0.717, 1.165) is 24.6 Å². The van der Waals surface area contributed by atoms with Gasteiger partial charge >= 0.3 is 0 Å². The van der Waals surface area contributed by atoms with Crippen molar-refractivity contribution in [3.63, 3.8) is 0 Å². The van der Waals surface area contributed by atoms with Crippen LogP contribution in [0.25, 0.3) is 6.08 Å². The average Bonchev–Trinajstić information content (AvgIpc) is 2.29. The molecule has 1 fully saturated rings. The molecular formula is C11H15N3. The summed E-state index contributed by atoms with van der Waals surface area (Å²) in [6.45, 7) is 2.28. The number of hydrogen-bond acceptors (Lipinski definition) is 3. The highest BCUT2D eigenvalue weighted by Gasteiger charge is 2.08. The van der Waals surface area contributed by atoms with Gasteiger partial charge in [0.25, 0.3) is 0 Å². The van der Waals surface area contributed by atoms with Crippen molar-refractivity contribution in [3.8, 4) is 0 Å². The fourth-order valence-electron chi connectivity index (χ4n) is 1.68. The number of aromatic nitrogens is 2. The molecule has 3 nitrogen and oxygen atoms in total. The standard InChI is InChI=1S/C11H15N3/c1(10-3-5-12-6-4-10)2-11-7-13-9-14-8-11/h1-2,7-10,12H,3-6H2/b2-1+. The minimum atomic E-state index is 0.719. The van der Waals surface area contributed by atoms with Crippen LogP contribution in [0.2, 0.25) is 0 Å². The fraction of sp³-hybridized carbons (Fsp3) is 0.455. The molecule has 1 aliphatic heterocycles. The van der Waals surface area contributed by atoms with Gasteiger partial charge in [-0.15, -0.1) is 0 Å². The third kappa shape index (κ3) is 2.64. The maximum atomic E-state index is 3.97. The molecule has 0 aliphatic carbocycles. The molecule has 1 aliphatic rings. The minimum absolute atomic E-state index is 0.719. The summed E-state index contributed by atoms with van der Waals surface area (Å²) in [7, 11) is 0. The third-order valence-electron chi connectivity index (χ3n) is 2.53. The van der Waals surface area contributed by atoms with Gasteiger partial charge in [0.2, 0.25) is 0 Å². The van der Waals surface area contributed by atoms with E-state index in [1.165, 1.54) is 12.8 Å². The van der Waals surface area contributed by atoms with Crippen LogP contribution in [0.5, 0.6) is 0 Å². The molecule has 0 bridgehead atoms. The molecule has 2 rings (SSSR count). The lowest BCUT2D eigenvalue weighted by molar-refractivity contribution is 0.438. The van der Waals surface area contributed by atoms with E-state index in [-0.39, 0.29) is 0 Å². The predicted octanol–water partition coefficient (Wildman–Crippen LogP) is 1.49. The van der Waals surface area contributed by atoms with Crippen molar-refractivity contribution in [3.05, 3.63) is 30.4 Å². The van der Waals surface area contributed by atoms with Crippen LogP contribution in [0.1, 0.15) is 18.4 Å². The van der Waals surface area contributed by atoms with Gasteiger partial charge in [-0.1, -0.05) is 12.2 Å². The summed E-state index contributed by atoms with van der Waals surface area (Å²) in [5.41, 5.74) is 1.09. The molecule has 3 heteroatoms. The molecule has 0 saturated carbocycles. The van der Waals surface area contributed by atoms with Crippen LogP contribution in [-0.2, 0) is 0 Å². The molecule has 0 amide bonds. The Morgan fingerprint density at radius 2 is 1.93 bits per heavy atom. The Balaban J connectivity index is 1.93. The molecule has 1 aromatic rings. The highest BCUT2D eigenvalue weighted by molar-refractivity contribution is 5.46. The van der Waals surface area contributed by atoms with E-state index < -0.39 is 0 Å². The first-order valence-corrected chi connectivity index (χ1v) is 5.09. The van der Waals surface area contributed by atoms with Gasteiger partial charge in [0.15, 0.2) is 0 Å². The quantitative estimate of drug-likeness (QED) is 0.766. The highest BCUT2D eigenvalue weighted by atomic mass is 14.9. The van der Waals surface area contributed by atoms with Crippen LogP contribution < -0.4 is 5.32 Å². The fourth-order valence-corrected chi connectivity index (χ4v) is 1.68. The SMILES string of the molecule is C(=C\C1CCNCC1)/c1cncnc1. The van der Waals surface area contributed by atoms with Gasteiger partial charge < -0.3 is 5.32 Å². The summed E-state index contributed by atoms with van der Waals surface area (Å²) >= 11 is 0. The van der Waals surface area contributed by atoms with E-state index in [4.69, 9.17) is 0 Å². The van der Waals surface area contributed by atoms with Crippen molar-refractivity contribution in [1.82, 2.24) is 15.3 Å². The largest absolute Gasteiger partial charge is 0.317 e. The van der Waals surface area contributed by atoms with E-state index in [9.17, 15) is 0 Å². The van der Waals surface area contributed by atoms with E-state index in [0.29, 0.717) is 0 Å². The van der Waals surface area contributed by atoms with Crippen molar-refractivity contribution in [2.24, 2.45) is 5.92 Å². The normalized spacial score (nSPS) is 18.9. The number of nitrogens with one attached hydrogen (secondary N) is 1. The van der Waals surface area contributed by atoms with Crippen molar-refractivity contribution >= 4 is 6.08 Å². The Labute approximate surface area is 84.3 Å². The molecule has 0 radical (unpaired) electrons. The van der Waals surface area contributed by atoms with E-state index in [1.807, 2.05) is 12.4 Å². The summed E-state index contributed by atoms with van der Waals surface area (Å²) in [4.78, 5) is 7.95. The Morgan fingerprint density at radius 1 is 1.21 bits per heavy atom. The van der Waals surface area contributed by atoms with Gasteiger partial charge in [-0.3, -0.25) is 0 Å². The zero-order valence-electron chi connectivity index (χ0n) is 8.19. The molecule has 1 aromatic heterocycles. The molecule has 0 unspecified atom stereocenters. The van der Waals surface area contributed by atoms with Gasteiger partial charge in [-0.05, 0) is 31.8 Å². The Hall–Kier alpha value is -1.22. The van der Waals surface area contributed by atoms with Gasteiger partial charge in [-0.25, -0.2) is 9.97 Å². The van der Waals surface area contributed by atoms with Crippen molar-refractivity contribution < 1.29 is 0 Å². The zero-order valence-corrected chi connectivity index (χ0v) is 8.19. The maximum Gasteiger partial charge on any atom is 0.115 e. The van der Waals surface area contributed by atoms with Gasteiger partial charge in [-0.2, -0.15) is 0 Å². The van der Waals surface area contributed by atoms with Crippen LogP contribution in [0.3, 0.4) is 0 Å². The van der Waals surface area contributed by atoms with Crippen LogP contribution in [0.4, 0.5) is 0 Å². The molecule has 2 heterocycles. The van der Waals surface area contributed by atoms with E-state index in [2.05, 4.69) is 27.4 Å². The second-order valence-corrected chi connectivity index (χ2v) is 3.62. The number of nitrogens with zero attached hydrogens (tertiary/aromatic N) is 2. The third-order valence-corrected chi connectivity index (χ3v) is 2.53. The highest BCUT2D eigenvalue weighted by Crippen LogP contribution is 2.14. The Bertz CT molecular complexity index is 289. The Kier molecular flexibility index (Phi) is 3.24. The smallest absolute Gasteiger partial charge is 0.115 e. The molecule has 0 atom stereocenters. The molecule has 1 saturated heterocycles.